The summed E-state index contributed by atoms with van der Waals surface area (Å²) in [7, 11) is 0. The molecule has 2 N–H and O–H groups in total. The summed E-state index contributed by atoms with van der Waals surface area (Å²) in [5.74, 6) is 1.15. The third kappa shape index (κ3) is 1.61. The van der Waals surface area contributed by atoms with E-state index in [1.807, 2.05) is 0 Å². The van der Waals surface area contributed by atoms with E-state index in [9.17, 15) is 0 Å². The van der Waals surface area contributed by atoms with Crippen LogP contribution in [0.1, 0.15) is 25.7 Å². The molecule has 1 aliphatic heterocycles. The van der Waals surface area contributed by atoms with Crippen LogP contribution in [-0.2, 0) is 0 Å². The van der Waals surface area contributed by atoms with Crippen LogP contribution in [0.3, 0.4) is 0 Å². The maximum Gasteiger partial charge on any atom is 0.0963 e. The summed E-state index contributed by atoms with van der Waals surface area (Å²) < 4.78 is 0. The SMILES string of the molecule is OCC1(CNC2=NCCC2)CC1. The molecule has 2 rings (SSSR count). The highest BCUT2D eigenvalue weighted by atomic mass is 16.3. The molecule has 3 heteroatoms. The maximum atomic E-state index is 9.05. The molecule has 0 spiro atoms. The number of nitrogens with zero attached hydrogens (tertiary/aromatic N) is 1. The number of hydrogen-bond donors (Lipinski definition) is 2. The van der Waals surface area contributed by atoms with Crippen LogP contribution < -0.4 is 5.32 Å². The summed E-state index contributed by atoms with van der Waals surface area (Å²) in [6.45, 7) is 2.23. The highest BCUT2D eigenvalue weighted by molar-refractivity contribution is 5.83. The Hall–Kier alpha value is -0.570. The summed E-state index contributed by atoms with van der Waals surface area (Å²) in [5, 5.41) is 12.4. The molecule has 0 aromatic rings. The van der Waals surface area contributed by atoms with Gasteiger partial charge >= 0.3 is 0 Å². The van der Waals surface area contributed by atoms with Gasteiger partial charge in [-0.05, 0) is 19.3 Å². The lowest BCUT2D eigenvalue weighted by atomic mass is 10.1. The first-order valence-corrected chi connectivity index (χ1v) is 4.73. The fourth-order valence-corrected chi connectivity index (χ4v) is 1.54. The summed E-state index contributed by atoms with van der Waals surface area (Å²) in [4.78, 5) is 4.32. The Balaban J connectivity index is 1.74. The van der Waals surface area contributed by atoms with Crippen LogP contribution in [0, 0.1) is 5.41 Å². The number of aliphatic imine (C=N–C) groups is 1. The molecule has 0 radical (unpaired) electrons. The minimum Gasteiger partial charge on any atom is -0.396 e. The van der Waals surface area contributed by atoms with Gasteiger partial charge in [-0.15, -0.1) is 0 Å². The van der Waals surface area contributed by atoms with Crippen LogP contribution in [0.5, 0.6) is 0 Å². The molecule has 1 aliphatic carbocycles. The first-order chi connectivity index (χ1) is 5.85. The Bertz CT molecular complexity index is 197. The zero-order valence-corrected chi connectivity index (χ0v) is 7.34. The Morgan fingerprint density at radius 1 is 1.50 bits per heavy atom. The van der Waals surface area contributed by atoms with Gasteiger partial charge in [0, 0.05) is 24.9 Å². The van der Waals surface area contributed by atoms with Gasteiger partial charge in [0.05, 0.1) is 12.4 Å². The summed E-state index contributed by atoms with van der Waals surface area (Å²) in [6, 6.07) is 0. The first-order valence-electron chi connectivity index (χ1n) is 4.73. The van der Waals surface area contributed by atoms with Gasteiger partial charge in [0.25, 0.3) is 0 Å². The van der Waals surface area contributed by atoms with E-state index < -0.39 is 0 Å². The molecule has 0 atom stereocenters. The van der Waals surface area contributed by atoms with Gasteiger partial charge in [-0.1, -0.05) is 0 Å². The molecule has 1 fully saturated rings. The topological polar surface area (TPSA) is 44.6 Å². The molecule has 0 bridgehead atoms. The van der Waals surface area contributed by atoms with Gasteiger partial charge in [0.2, 0.25) is 0 Å². The fraction of sp³-hybridized carbons (Fsp3) is 0.889. The van der Waals surface area contributed by atoms with Gasteiger partial charge in [-0.25, -0.2) is 0 Å². The molecular formula is C9H16N2O. The van der Waals surface area contributed by atoms with Crippen molar-refractivity contribution in [1.82, 2.24) is 5.32 Å². The average Bonchev–Trinajstić information content (AvgIpc) is 2.70. The molecule has 0 saturated heterocycles. The van der Waals surface area contributed by atoms with E-state index in [0.29, 0.717) is 6.61 Å². The highest BCUT2D eigenvalue weighted by Gasteiger charge is 2.41. The third-order valence-corrected chi connectivity index (χ3v) is 2.83. The van der Waals surface area contributed by atoms with E-state index in [2.05, 4.69) is 10.3 Å². The number of aliphatic hydroxyl groups is 1. The monoisotopic (exact) mass is 168 g/mol. The first kappa shape index (κ1) is 8.05. The van der Waals surface area contributed by atoms with E-state index in [0.717, 1.165) is 25.3 Å². The second kappa shape index (κ2) is 3.05. The van der Waals surface area contributed by atoms with Crippen molar-refractivity contribution in [2.45, 2.75) is 25.7 Å². The van der Waals surface area contributed by atoms with Gasteiger partial charge in [0.1, 0.15) is 0 Å². The number of rotatable bonds is 3. The van der Waals surface area contributed by atoms with Crippen molar-refractivity contribution < 1.29 is 5.11 Å². The van der Waals surface area contributed by atoms with E-state index in [1.54, 1.807) is 0 Å². The zero-order chi connectivity index (χ0) is 8.44. The Morgan fingerprint density at radius 3 is 2.83 bits per heavy atom. The normalized spacial score (nSPS) is 25.2. The van der Waals surface area contributed by atoms with Crippen LogP contribution >= 0.6 is 0 Å². The minimum atomic E-state index is 0.213. The van der Waals surface area contributed by atoms with Crippen LogP contribution in [-0.4, -0.2) is 30.6 Å². The molecule has 0 aromatic heterocycles. The van der Waals surface area contributed by atoms with Crippen LogP contribution in [0.4, 0.5) is 0 Å². The van der Waals surface area contributed by atoms with Crippen molar-refractivity contribution in [2.24, 2.45) is 10.4 Å². The molecule has 12 heavy (non-hydrogen) atoms. The van der Waals surface area contributed by atoms with E-state index in [-0.39, 0.29) is 5.41 Å². The molecule has 0 amide bonds. The number of amidine groups is 1. The van der Waals surface area contributed by atoms with E-state index >= 15 is 0 Å². The molecule has 68 valence electrons. The van der Waals surface area contributed by atoms with Crippen LogP contribution in [0.15, 0.2) is 4.99 Å². The Morgan fingerprint density at radius 2 is 2.33 bits per heavy atom. The van der Waals surface area contributed by atoms with Crippen molar-refractivity contribution in [2.75, 3.05) is 19.7 Å². The third-order valence-electron chi connectivity index (χ3n) is 2.83. The fourth-order valence-electron chi connectivity index (χ4n) is 1.54. The number of aliphatic hydroxyl groups excluding tert-OH is 1. The lowest BCUT2D eigenvalue weighted by Crippen LogP contribution is -2.30. The average molecular weight is 168 g/mol. The van der Waals surface area contributed by atoms with Crippen molar-refractivity contribution >= 4 is 5.84 Å². The summed E-state index contributed by atoms with van der Waals surface area (Å²) in [5.41, 5.74) is 0.213. The minimum absolute atomic E-state index is 0.213. The van der Waals surface area contributed by atoms with Gasteiger partial charge in [0.15, 0.2) is 0 Å². The molecular weight excluding hydrogens is 152 g/mol. The molecule has 3 nitrogen and oxygen atoms in total. The predicted molar refractivity (Wildman–Crippen MR) is 48.3 cm³/mol. The molecule has 0 aromatic carbocycles. The molecule has 2 aliphatic rings. The van der Waals surface area contributed by atoms with Crippen LogP contribution in [0.2, 0.25) is 0 Å². The van der Waals surface area contributed by atoms with Crippen molar-refractivity contribution in [1.29, 1.82) is 0 Å². The van der Waals surface area contributed by atoms with Gasteiger partial charge in [-0.2, -0.15) is 0 Å². The largest absolute Gasteiger partial charge is 0.396 e. The predicted octanol–water partition coefficient (Wildman–Crippen LogP) is 0.541. The van der Waals surface area contributed by atoms with Gasteiger partial charge < -0.3 is 10.4 Å². The Labute approximate surface area is 72.9 Å². The van der Waals surface area contributed by atoms with E-state index in [1.165, 1.54) is 19.3 Å². The quantitative estimate of drug-likeness (QED) is 0.646. The lowest BCUT2D eigenvalue weighted by Gasteiger charge is -2.13. The summed E-state index contributed by atoms with van der Waals surface area (Å²) in [6.07, 6.45) is 4.63. The second-order valence-corrected chi connectivity index (χ2v) is 3.94. The molecule has 0 unspecified atom stereocenters. The van der Waals surface area contributed by atoms with Crippen molar-refractivity contribution in [3.8, 4) is 0 Å². The zero-order valence-electron chi connectivity index (χ0n) is 7.34. The Kier molecular flexibility index (Phi) is 2.05. The van der Waals surface area contributed by atoms with Crippen molar-refractivity contribution in [3.63, 3.8) is 0 Å². The smallest absolute Gasteiger partial charge is 0.0963 e. The molecule has 1 heterocycles. The van der Waals surface area contributed by atoms with E-state index in [4.69, 9.17) is 5.11 Å². The highest BCUT2D eigenvalue weighted by Crippen LogP contribution is 2.44. The van der Waals surface area contributed by atoms with Crippen molar-refractivity contribution in [3.05, 3.63) is 0 Å². The standard InChI is InChI=1S/C9H16N2O/c12-7-9(3-4-9)6-11-8-2-1-5-10-8/h12H,1-7H2,(H,10,11). The second-order valence-electron chi connectivity index (χ2n) is 3.94. The summed E-state index contributed by atoms with van der Waals surface area (Å²) >= 11 is 0. The number of hydrogen-bond acceptors (Lipinski definition) is 3. The van der Waals surface area contributed by atoms with Gasteiger partial charge in [-0.3, -0.25) is 4.99 Å². The number of nitrogens with one attached hydrogen (secondary N) is 1. The van der Waals surface area contributed by atoms with Crippen LogP contribution in [0.25, 0.3) is 0 Å². The maximum absolute atomic E-state index is 9.05. The lowest BCUT2D eigenvalue weighted by molar-refractivity contribution is 0.212. The molecule has 1 saturated carbocycles.